The molecule has 8 heteroatoms. The molecular weight excluding hydrogens is 448 g/mol. The van der Waals surface area contributed by atoms with E-state index in [0.717, 1.165) is 60.0 Å². The normalized spacial score (nSPS) is 14.5. The smallest absolute Gasteiger partial charge is 0.321 e. The number of halogens is 1. The summed E-state index contributed by atoms with van der Waals surface area (Å²) >= 11 is 6.18. The fraction of sp³-hybridized carbons (Fsp3) is 0.269. The van der Waals surface area contributed by atoms with E-state index < -0.39 is 0 Å². The molecule has 0 spiro atoms. The molecule has 0 saturated carbocycles. The van der Waals surface area contributed by atoms with Crippen molar-refractivity contribution in [3.05, 3.63) is 77.4 Å². The molecule has 0 radical (unpaired) electrons. The van der Waals surface area contributed by atoms with Gasteiger partial charge in [0, 0.05) is 61.7 Å². The van der Waals surface area contributed by atoms with Gasteiger partial charge in [0.05, 0.1) is 0 Å². The van der Waals surface area contributed by atoms with Crippen LogP contribution in [0, 0.1) is 6.92 Å². The lowest BCUT2D eigenvalue weighted by Crippen LogP contribution is -2.50. The van der Waals surface area contributed by atoms with Crippen molar-refractivity contribution >= 4 is 34.5 Å². The number of piperazine rings is 1. The van der Waals surface area contributed by atoms with Crippen LogP contribution in [0.4, 0.5) is 10.5 Å². The molecule has 2 aromatic carbocycles. The number of fused-ring (bicyclic) bond motifs is 1. The number of amides is 2. The van der Waals surface area contributed by atoms with E-state index in [4.69, 9.17) is 16.6 Å². The molecule has 1 saturated heterocycles. The van der Waals surface area contributed by atoms with Gasteiger partial charge in [-0.05, 0) is 36.8 Å². The summed E-state index contributed by atoms with van der Waals surface area (Å²) in [7, 11) is 0. The summed E-state index contributed by atoms with van der Waals surface area (Å²) in [5.41, 5.74) is 4.59. The Labute approximate surface area is 204 Å². The SMILES string of the molecule is Cc1ccc(NC(=O)N2CCN(CCn3c(-c4ccccc4)nc4cccnc43)CC2)cc1Cl. The molecule has 34 heavy (non-hydrogen) atoms. The zero-order valence-electron chi connectivity index (χ0n) is 19.1. The Kier molecular flexibility index (Phi) is 6.47. The number of carbonyl (C=O) groups excluding carboxylic acids is 1. The van der Waals surface area contributed by atoms with E-state index in [0.29, 0.717) is 18.1 Å². The van der Waals surface area contributed by atoms with Crippen molar-refractivity contribution in [2.75, 3.05) is 38.0 Å². The van der Waals surface area contributed by atoms with Gasteiger partial charge < -0.3 is 14.8 Å². The van der Waals surface area contributed by atoms with Gasteiger partial charge in [0.2, 0.25) is 0 Å². The maximum Gasteiger partial charge on any atom is 0.321 e. The highest BCUT2D eigenvalue weighted by atomic mass is 35.5. The van der Waals surface area contributed by atoms with E-state index in [1.54, 1.807) is 6.07 Å². The van der Waals surface area contributed by atoms with Gasteiger partial charge in [0.25, 0.3) is 0 Å². The largest absolute Gasteiger partial charge is 0.322 e. The van der Waals surface area contributed by atoms with Crippen molar-refractivity contribution in [1.29, 1.82) is 0 Å². The predicted octanol–water partition coefficient (Wildman–Crippen LogP) is 4.91. The van der Waals surface area contributed by atoms with Gasteiger partial charge in [-0.15, -0.1) is 0 Å². The molecule has 2 amide bonds. The molecule has 0 atom stereocenters. The van der Waals surface area contributed by atoms with Crippen LogP contribution in [0.3, 0.4) is 0 Å². The van der Waals surface area contributed by atoms with Gasteiger partial charge in [-0.25, -0.2) is 14.8 Å². The third-order valence-electron chi connectivity index (χ3n) is 6.26. The van der Waals surface area contributed by atoms with E-state index in [9.17, 15) is 4.79 Å². The second-order valence-electron chi connectivity index (χ2n) is 8.52. The van der Waals surface area contributed by atoms with Crippen molar-refractivity contribution in [3.8, 4) is 11.4 Å². The van der Waals surface area contributed by atoms with E-state index in [1.807, 2.05) is 60.5 Å². The van der Waals surface area contributed by atoms with Crippen LogP contribution < -0.4 is 5.32 Å². The number of urea groups is 1. The lowest BCUT2D eigenvalue weighted by Gasteiger charge is -2.34. The molecule has 2 aromatic heterocycles. The van der Waals surface area contributed by atoms with Crippen molar-refractivity contribution < 1.29 is 4.79 Å². The Hall–Kier alpha value is -3.42. The third kappa shape index (κ3) is 4.76. The minimum absolute atomic E-state index is 0.0873. The highest BCUT2D eigenvalue weighted by molar-refractivity contribution is 6.31. The summed E-state index contributed by atoms with van der Waals surface area (Å²) in [4.78, 5) is 26.4. The van der Waals surface area contributed by atoms with E-state index >= 15 is 0 Å². The molecule has 1 N–H and O–H groups in total. The number of hydrogen-bond donors (Lipinski definition) is 1. The highest BCUT2D eigenvalue weighted by Gasteiger charge is 2.22. The van der Waals surface area contributed by atoms with E-state index in [2.05, 4.69) is 31.9 Å². The van der Waals surface area contributed by atoms with Gasteiger partial charge in [0.1, 0.15) is 11.3 Å². The maximum atomic E-state index is 12.7. The number of nitrogens with zero attached hydrogens (tertiary/aromatic N) is 5. The quantitative estimate of drug-likeness (QED) is 0.446. The summed E-state index contributed by atoms with van der Waals surface area (Å²) in [6.07, 6.45) is 1.81. The Morgan fingerprint density at radius 1 is 1.00 bits per heavy atom. The van der Waals surface area contributed by atoms with Crippen molar-refractivity contribution in [2.24, 2.45) is 0 Å². The molecule has 0 unspecified atom stereocenters. The van der Waals surface area contributed by atoms with Crippen LogP contribution in [-0.4, -0.2) is 63.1 Å². The fourth-order valence-corrected chi connectivity index (χ4v) is 4.45. The molecule has 174 valence electrons. The molecule has 3 heterocycles. The minimum atomic E-state index is -0.0873. The topological polar surface area (TPSA) is 66.3 Å². The number of anilines is 1. The van der Waals surface area contributed by atoms with Crippen LogP contribution in [0.5, 0.6) is 0 Å². The first kappa shape index (κ1) is 22.4. The lowest BCUT2D eigenvalue weighted by molar-refractivity contribution is 0.145. The number of rotatable bonds is 5. The summed E-state index contributed by atoms with van der Waals surface area (Å²) in [6.45, 7) is 6.60. The number of aromatic nitrogens is 3. The first-order valence-corrected chi connectivity index (χ1v) is 11.9. The van der Waals surface area contributed by atoms with E-state index in [-0.39, 0.29) is 6.03 Å². The van der Waals surface area contributed by atoms with Crippen LogP contribution in [-0.2, 0) is 6.54 Å². The molecule has 0 bridgehead atoms. The van der Waals surface area contributed by atoms with Gasteiger partial charge in [0.15, 0.2) is 5.65 Å². The molecule has 0 aliphatic carbocycles. The molecule has 5 rings (SSSR count). The minimum Gasteiger partial charge on any atom is -0.322 e. The average molecular weight is 475 g/mol. The molecule has 4 aromatic rings. The first-order valence-electron chi connectivity index (χ1n) is 11.5. The average Bonchev–Trinajstić information content (AvgIpc) is 3.24. The molecule has 7 nitrogen and oxygen atoms in total. The number of imidazole rings is 1. The van der Waals surface area contributed by atoms with Crippen LogP contribution in [0.1, 0.15) is 5.56 Å². The zero-order chi connectivity index (χ0) is 23.5. The Morgan fingerprint density at radius 2 is 1.79 bits per heavy atom. The number of nitrogens with one attached hydrogen (secondary N) is 1. The fourth-order valence-electron chi connectivity index (χ4n) is 4.27. The highest BCUT2D eigenvalue weighted by Crippen LogP contribution is 2.24. The van der Waals surface area contributed by atoms with Gasteiger partial charge in [-0.2, -0.15) is 0 Å². The van der Waals surface area contributed by atoms with Gasteiger partial charge >= 0.3 is 6.03 Å². The standard InChI is InChI=1S/C26H27ClN6O/c1-19-9-10-21(18-22(19)27)29-26(34)32-15-12-31(13-16-32)14-17-33-24(20-6-3-2-4-7-20)30-23-8-5-11-28-25(23)33/h2-11,18H,12-17H2,1H3,(H,29,34). The molecule has 1 aliphatic heterocycles. The number of benzene rings is 2. The van der Waals surface area contributed by atoms with Crippen LogP contribution in [0.25, 0.3) is 22.6 Å². The van der Waals surface area contributed by atoms with Crippen LogP contribution >= 0.6 is 11.6 Å². The van der Waals surface area contributed by atoms with Crippen molar-refractivity contribution in [3.63, 3.8) is 0 Å². The molecular formula is C26H27ClN6O. The van der Waals surface area contributed by atoms with Crippen molar-refractivity contribution in [1.82, 2.24) is 24.3 Å². The first-order chi connectivity index (χ1) is 16.6. The number of carbonyl (C=O) groups is 1. The number of hydrogen-bond acceptors (Lipinski definition) is 4. The summed E-state index contributed by atoms with van der Waals surface area (Å²) in [6, 6.07) is 19.6. The van der Waals surface area contributed by atoms with Gasteiger partial charge in [-0.3, -0.25) is 4.90 Å². The Balaban J connectivity index is 1.21. The predicted molar refractivity (Wildman–Crippen MR) is 136 cm³/mol. The second-order valence-corrected chi connectivity index (χ2v) is 8.93. The number of aryl methyl sites for hydroxylation is 1. The van der Waals surface area contributed by atoms with Gasteiger partial charge in [-0.1, -0.05) is 48.0 Å². The monoisotopic (exact) mass is 474 g/mol. The molecule has 1 aliphatic rings. The van der Waals surface area contributed by atoms with Crippen LogP contribution in [0.2, 0.25) is 5.02 Å². The Morgan fingerprint density at radius 3 is 2.56 bits per heavy atom. The van der Waals surface area contributed by atoms with E-state index in [1.165, 1.54) is 0 Å². The summed E-state index contributed by atoms with van der Waals surface area (Å²) in [5, 5.41) is 3.61. The maximum absolute atomic E-state index is 12.7. The summed E-state index contributed by atoms with van der Waals surface area (Å²) < 4.78 is 2.20. The molecule has 1 fully saturated rings. The third-order valence-corrected chi connectivity index (χ3v) is 6.67. The summed E-state index contributed by atoms with van der Waals surface area (Å²) in [5.74, 6) is 0.934. The van der Waals surface area contributed by atoms with Crippen molar-refractivity contribution in [2.45, 2.75) is 13.5 Å². The zero-order valence-corrected chi connectivity index (χ0v) is 19.9. The number of pyridine rings is 1. The lowest BCUT2D eigenvalue weighted by atomic mass is 10.2. The van der Waals surface area contributed by atoms with Crippen LogP contribution in [0.15, 0.2) is 66.9 Å². The second kappa shape index (κ2) is 9.83. The Bertz CT molecular complexity index is 1300.